The van der Waals surface area contributed by atoms with Crippen molar-refractivity contribution in [2.24, 2.45) is 28.6 Å². The number of nitrogens with one attached hydrogen (secondary N) is 4. The summed E-state index contributed by atoms with van der Waals surface area (Å²) in [5.41, 5.74) is 0.210. The zero-order valence-corrected chi connectivity index (χ0v) is 56.2. The maximum absolute atomic E-state index is 15.9. The largest absolute Gasteiger partial charge is 0.480 e. The number of fused-ring (bicyclic) bond motifs is 6. The van der Waals surface area contributed by atoms with Crippen LogP contribution in [0.4, 0.5) is 10.7 Å². The van der Waals surface area contributed by atoms with Crippen molar-refractivity contribution < 1.29 is 81.8 Å². The molecule has 4 aliphatic rings. The number of aromatic amines is 1. The van der Waals surface area contributed by atoms with E-state index in [1.165, 1.54) is 32.4 Å². The van der Waals surface area contributed by atoms with E-state index in [1.54, 1.807) is 128 Å². The zero-order valence-electron chi connectivity index (χ0n) is 56.2. The van der Waals surface area contributed by atoms with Crippen molar-refractivity contribution in [3.8, 4) is 0 Å². The van der Waals surface area contributed by atoms with Crippen LogP contribution in [0, 0.1) is 28.6 Å². The Morgan fingerprint density at radius 3 is 2.16 bits per heavy atom. The van der Waals surface area contributed by atoms with Gasteiger partial charge in [0.2, 0.25) is 18.0 Å². The number of aromatic nitrogens is 4. The molecule has 0 saturated heterocycles. The Kier molecular flexibility index (Phi) is 21.6. The summed E-state index contributed by atoms with van der Waals surface area (Å²) in [4.78, 5) is 153. The number of ether oxygens (including phenoxy) is 6. The number of aliphatic hydroxyl groups is 1. The first-order valence-corrected chi connectivity index (χ1v) is 32.6. The number of Topliss-reactive ketones (excluding diaryl/α,β-unsaturated/α-hetero) is 1. The first-order valence-electron chi connectivity index (χ1n) is 32.6. The average Bonchev–Trinajstić information content (AvgIpc) is 0.670. The van der Waals surface area contributed by atoms with Gasteiger partial charge in [-0.15, -0.1) is 0 Å². The van der Waals surface area contributed by atoms with Crippen molar-refractivity contribution in [1.29, 1.82) is 0 Å². The number of aliphatic carboxylic acids is 1. The third-order valence-electron chi connectivity index (χ3n) is 19.7. The summed E-state index contributed by atoms with van der Waals surface area (Å²) < 4.78 is 37.4. The van der Waals surface area contributed by atoms with Gasteiger partial charge in [0.15, 0.2) is 11.2 Å². The molecule has 2 heterocycles. The maximum atomic E-state index is 15.9. The van der Waals surface area contributed by atoms with Gasteiger partial charge in [-0.3, -0.25) is 33.8 Å². The number of methoxy groups -OCH3 is 1. The van der Waals surface area contributed by atoms with Crippen LogP contribution in [0.1, 0.15) is 164 Å². The van der Waals surface area contributed by atoms with Crippen molar-refractivity contribution in [1.82, 2.24) is 35.9 Å². The van der Waals surface area contributed by atoms with E-state index in [-0.39, 0.29) is 77.7 Å². The van der Waals surface area contributed by atoms with Gasteiger partial charge < -0.3 is 60.3 Å². The van der Waals surface area contributed by atoms with Gasteiger partial charge in [-0.2, -0.15) is 4.98 Å². The lowest BCUT2D eigenvalue weighted by atomic mass is 9.40. The number of anilines is 1. The topological polar surface area (TPSA) is 383 Å². The van der Waals surface area contributed by atoms with E-state index < -0.39 is 149 Å². The molecule has 8 N–H and O–H groups in total. The van der Waals surface area contributed by atoms with E-state index in [0.29, 0.717) is 42.5 Å². The number of carbonyl (C=O) groups excluding carboxylic acids is 8. The lowest BCUT2D eigenvalue weighted by Gasteiger charge is -2.68. The number of carboxylic acid groups (broad SMARTS) is 1. The van der Waals surface area contributed by atoms with Crippen LogP contribution in [0.2, 0.25) is 0 Å². The van der Waals surface area contributed by atoms with Crippen LogP contribution < -0.4 is 27.2 Å². The number of H-pyrrole nitrogens is 1. The highest BCUT2D eigenvalue weighted by Gasteiger charge is 2.77. The van der Waals surface area contributed by atoms with Gasteiger partial charge in [0, 0.05) is 56.2 Å². The summed E-state index contributed by atoms with van der Waals surface area (Å²) >= 11 is 0. The molecule has 2 aromatic heterocycles. The van der Waals surface area contributed by atoms with Gasteiger partial charge in [-0.25, -0.2) is 29.1 Å². The quantitative estimate of drug-likeness (QED) is 0.0140. The Morgan fingerprint density at radius 1 is 0.856 bits per heavy atom. The maximum Gasteiger partial charge on any atom is 0.408 e. The van der Waals surface area contributed by atoms with Crippen LogP contribution in [0.3, 0.4) is 0 Å². The van der Waals surface area contributed by atoms with E-state index in [9.17, 15) is 48.6 Å². The number of nitrogens with two attached hydrogens (primary N) is 1. The average molecular weight is 1340 g/mol. The number of unbranched alkanes of at least 4 members (excludes halogenated alkanes) is 1. The molecular weight excluding hydrogens is 1250 g/mol. The molecule has 518 valence electrons. The van der Waals surface area contributed by atoms with Gasteiger partial charge in [0.05, 0.1) is 41.3 Å². The van der Waals surface area contributed by atoms with Gasteiger partial charge >= 0.3 is 35.9 Å². The lowest BCUT2D eigenvalue weighted by Crippen LogP contribution is -2.78. The highest BCUT2D eigenvalue weighted by molar-refractivity contribution is 5.97. The molecule has 12 atom stereocenters. The van der Waals surface area contributed by atoms with E-state index in [4.69, 9.17) is 34.2 Å². The molecule has 0 radical (unpaired) electrons. The van der Waals surface area contributed by atoms with Crippen LogP contribution in [0.25, 0.3) is 11.2 Å². The fourth-order valence-electron chi connectivity index (χ4n) is 14.9. The molecule has 3 saturated carbocycles. The lowest BCUT2D eigenvalue weighted by molar-refractivity contribution is -0.297. The minimum absolute atomic E-state index is 0.0104. The fraction of sp³-hybridized carbons (Fsp3) is 0.507. The van der Waals surface area contributed by atoms with Crippen LogP contribution in [0.15, 0.2) is 107 Å². The molecular formula is C71H86N8O18. The highest BCUT2D eigenvalue weighted by Crippen LogP contribution is 2.68. The predicted molar refractivity (Wildman–Crippen MR) is 350 cm³/mol. The molecule has 3 fully saturated rings. The number of nitrogens with zero attached hydrogens (tertiary/aromatic N) is 3. The SMILES string of the molecule is CO[C@H]1C[C@H]2CC[C@@]2(OC(C)=O)[C@H]2[C@H](OC(=O)c3ccccc3)[C@]3(O)C[C@H](OC(=O)[C@H](OC(=O)CCC(=O)NCCCC[C@H](NC(=O)c4ccc(CCc5cnc6nc(N)[nH]c(=O)c6n5)cc4)C(=O)O)[C@@H](NC(=O)OC(C)(C)C)c4ccccc4)C(C)=C([C@@H](C)C(=O)[C@]12C)C3(C)C. The summed E-state index contributed by atoms with van der Waals surface area (Å²) in [7, 11) is 1.49. The molecule has 3 aromatic carbocycles. The van der Waals surface area contributed by atoms with E-state index in [2.05, 4.69) is 35.9 Å². The van der Waals surface area contributed by atoms with Crippen LogP contribution in [-0.4, -0.2) is 145 Å². The third kappa shape index (κ3) is 15.2. The zero-order chi connectivity index (χ0) is 70.5. The number of benzene rings is 3. The van der Waals surface area contributed by atoms with Gasteiger partial charge in [-0.05, 0) is 133 Å². The van der Waals surface area contributed by atoms with Crippen molar-refractivity contribution in [3.63, 3.8) is 0 Å². The number of hydrogen-bond acceptors (Lipinski definition) is 21. The van der Waals surface area contributed by atoms with Crippen molar-refractivity contribution in [2.45, 2.75) is 186 Å². The molecule has 5 aromatic rings. The number of carboxylic acids is 1. The summed E-state index contributed by atoms with van der Waals surface area (Å²) in [5, 5.41) is 32.1. The highest BCUT2D eigenvalue weighted by atomic mass is 16.6. The molecule has 9 rings (SSSR count). The van der Waals surface area contributed by atoms with Crippen molar-refractivity contribution in [3.05, 3.63) is 141 Å². The number of amides is 3. The normalized spacial score (nSPS) is 25.0. The minimum atomic E-state index is -2.25. The van der Waals surface area contributed by atoms with E-state index >= 15 is 9.59 Å². The van der Waals surface area contributed by atoms with Gasteiger partial charge in [0.1, 0.15) is 46.9 Å². The molecule has 4 aliphatic carbocycles. The Bertz CT molecular complexity index is 3910. The van der Waals surface area contributed by atoms with E-state index in [0.717, 1.165) is 5.56 Å². The summed E-state index contributed by atoms with van der Waals surface area (Å²) in [6.07, 6.45) is -4.34. The summed E-state index contributed by atoms with van der Waals surface area (Å²) in [5.74, 6) is -9.34. The third-order valence-corrected chi connectivity index (χ3v) is 19.7. The van der Waals surface area contributed by atoms with Crippen LogP contribution in [0.5, 0.6) is 0 Å². The van der Waals surface area contributed by atoms with E-state index in [1.807, 2.05) is 0 Å². The number of esters is 4. The number of carbonyl (C=O) groups is 9. The Labute approximate surface area is 560 Å². The molecule has 3 amide bonds. The fourth-order valence-corrected chi connectivity index (χ4v) is 14.9. The standard InChI is InChI=1S/C71H86N8O18/c1-38-48(36-71(91)58(95-63(88)44-21-15-12-16-22-44)56-69(9,57(83)39(2)52(38)68(71,7)8)49(92-10)35-45-32-33-70(45,56)96-40(3)80)93-64(89)55(53(42-19-13-11-14-20-42)77-66(90)97-67(4,5)6)94-51(82)31-30-50(81)73-34-18-17-23-47(62(86)87)76-60(84)43-27-24-41(25-28-43)26-29-46-37-74-59-54(75-46)61(85)79-65(72)78-59/h11-16,19-22,24-25,27-28,37,39,45,47-49,53,55-56,58,91H,17-18,23,26,29-36H2,1-10H3,(H,73,81)(H,76,84)(H,77,90)(H,86,87)(H3,72,74,78,79,85)/t39-,45-,47+,48+,49+,53+,55-,56+,58+,69-,70+,71-/m1/s1. The van der Waals surface area contributed by atoms with Crippen LogP contribution in [-0.2, 0) is 70.0 Å². The summed E-state index contributed by atoms with van der Waals surface area (Å²) in [6.45, 7) is 14.7. The van der Waals surface area contributed by atoms with Crippen LogP contribution >= 0.6 is 0 Å². The Hall–Kier alpha value is -9.43. The number of aryl methyl sites for hydroxylation is 2. The second-order valence-electron chi connectivity index (χ2n) is 27.4. The van der Waals surface area contributed by atoms with Gasteiger partial charge in [0.25, 0.3) is 11.5 Å². The Balaban J connectivity index is 0.902. The number of ketones is 1. The molecule has 26 heteroatoms. The summed E-state index contributed by atoms with van der Waals surface area (Å²) in [6, 6.07) is 19.9. The monoisotopic (exact) mass is 1340 g/mol. The molecule has 26 nitrogen and oxygen atoms in total. The first kappa shape index (κ1) is 71.9. The Morgan fingerprint density at radius 2 is 1.54 bits per heavy atom. The van der Waals surface area contributed by atoms with Crippen molar-refractivity contribution >= 4 is 70.6 Å². The number of nitrogen functional groups attached to an aromatic ring is 1. The minimum Gasteiger partial charge on any atom is -0.480 e. The molecule has 0 aliphatic heterocycles. The predicted octanol–water partition coefficient (Wildman–Crippen LogP) is 7.09. The first-order chi connectivity index (χ1) is 45.8. The molecule has 0 spiro atoms. The number of hydrogen-bond donors (Lipinski definition) is 7. The smallest absolute Gasteiger partial charge is 0.408 e. The second kappa shape index (κ2) is 29.1. The number of rotatable bonds is 24. The molecule has 0 unspecified atom stereocenters. The number of alkyl carbamates (subject to hydrolysis) is 1. The second-order valence-corrected chi connectivity index (χ2v) is 27.4. The van der Waals surface area contributed by atoms with Gasteiger partial charge in [-0.1, -0.05) is 81.4 Å². The molecule has 2 bridgehead atoms. The van der Waals surface area contributed by atoms with Crippen molar-refractivity contribution in [2.75, 3.05) is 19.4 Å². The molecule has 97 heavy (non-hydrogen) atoms.